The summed E-state index contributed by atoms with van der Waals surface area (Å²) in [7, 11) is 0. The topological polar surface area (TPSA) is 58.3 Å². The maximum absolute atomic E-state index is 9.31. The molecule has 0 saturated carbocycles. The summed E-state index contributed by atoms with van der Waals surface area (Å²) >= 11 is 5.13. The van der Waals surface area contributed by atoms with Gasteiger partial charge >= 0.3 is 0 Å². The van der Waals surface area contributed by atoms with Gasteiger partial charge in [-0.2, -0.15) is 0 Å². The number of rotatable bonds is 6. The van der Waals surface area contributed by atoms with Crippen LogP contribution in [0.25, 0.3) is 0 Å². The molecule has 0 aliphatic rings. The van der Waals surface area contributed by atoms with Crippen LogP contribution < -0.4 is 11.1 Å². The summed E-state index contributed by atoms with van der Waals surface area (Å²) in [5.74, 6) is 0. The highest BCUT2D eigenvalue weighted by Crippen LogP contribution is 2.25. The summed E-state index contributed by atoms with van der Waals surface area (Å²) in [6, 6.07) is 2.52. The van der Waals surface area contributed by atoms with Crippen LogP contribution in [0, 0.1) is 0 Å². The smallest absolute Gasteiger partial charge is 0.0541 e. The molecule has 0 aliphatic carbocycles. The quantitative estimate of drug-likeness (QED) is 0.755. The first-order valence-corrected chi connectivity index (χ1v) is 7.08. The van der Waals surface area contributed by atoms with Gasteiger partial charge in [0.15, 0.2) is 0 Å². The van der Waals surface area contributed by atoms with E-state index < -0.39 is 0 Å². The number of halogens is 1. The zero-order chi connectivity index (χ0) is 12.1. The molecule has 0 spiro atoms. The van der Waals surface area contributed by atoms with E-state index in [1.165, 1.54) is 4.88 Å². The number of hydrogen-bond donors (Lipinski definition) is 3. The zero-order valence-corrected chi connectivity index (χ0v) is 12.0. The van der Waals surface area contributed by atoms with Crippen molar-refractivity contribution in [3.05, 3.63) is 20.8 Å². The summed E-state index contributed by atoms with van der Waals surface area (Å²) in [6.45, 7) is 4.44. The Labute approximate surface area is 109 Å². The fourth-order valence-corrected chi connectivity index (χ4v) is 3.22. The van der Waals surface area contributed by atoms with Gasteiger partial charge in [-0.15, -0.1) is 11.3 Å². The maximum Gasteiger partial charge on any atom is 0.0541 e. The molecule has 1 heterocycles. The molecule has 0 saturated heterocycles. The largest absolute Gasteiger partial charge is 0.393 e. The number of aliphatic hydroxyl groups excluding tert-OH is 1. The van der Waals surface area contributed by atoms with Crippen LogP contribution in [-0.2, 0) is 0 Å². The second-order valence-corrected chi connectivity index (χ2v) is 5.97. The summed E-state index contributed by atoms with van der Waals surface area (Å²) in [5, 5.41) is 14.8. The van der Waals surface area contributed by atoms with Gasteiger partial charge in [0.2, 0.25) is 0 Å². The van der Waals surface area contributed by atoms with Gasteiger partial charge in [-0.25, -0.2) is 0 Å². The minimum atomic E-state index is -0.281. The zero-order valence-electron chi connectivity index (χ0n) is 9.61. The van der Waals surface area contributed by atoms with Crippen molar-refractivity contribution in [2.24, 2.45) is 5.73 Å². The molecule has 1 aromatic heterocycles. The van der Waals surface area contributed by atoms with Crippen molar-refractivity contribution in [3.8, 4) is 0 Å². The van der Waals surface area contributed by atoms with Crippen LogP contribution >= 0.6 is 27.3 Å². The fourth-order valence-electron chi connectivity index (χ4n) is 1.70. The summed E-state index contributed by atoms with van der Waals surface area (Å²) in [5.41, 5.74) is 5.76. The lowest BCUT2D eigenvalue weighted by Gasteiger charge is -2.22. The van der Waals surface area contributed by atoms with E-state index in [9.17, 15) is 5.11 Å². The van der Waals surface area contributed by atoms with Crippen molar-refractivity contribution in [1.82, 2.24) is 5.32 Å². The first-order chi connectivity index (χ1) is 7.52. The van der Waals surface area contributed by atoms with Crippen molar-refractivity contribution in [2.75, 3.05) is 6.54 Å². The highest BCUT2D eigenvalue weighted by Gasteiger charge is 2.15. The van der Waals surface area contributed by atoms with E-state index >= 15 is 0 Å². The molecule has 0 fully saturated rings. The number of nitrogens with two attached hydrogens (primary N) is 1. The SMILES string of the molecule is CC(O)CC(C)NC(CN)c1cc(Br)cs1. The average molecular weight is 307 g/mol. The van der Waals surface area contributed by atoms with Gasteiger partial charge in [0.25, 0.3) is 0 Å². The fraction of sp³-hybridized carbons (Fsp3) is 0.636. The minimum absolute atomic E-state index is 0.171. The molecule has 3 atom stereocenters. The lowest BCUT2D eigenvalue weighted by atomic mass is 10.1. The second-order valence-electron chi connectivity index (χ2n) is 4.11. The van der Waals surface area contributed by atoms with E-state index in [1.807, 2.05) is 0 Å². The molecular formula is C11H19BrN2OS. The van der Waals surface area contributed by atoms with E-state index in [4.69, 9.17) is 5.73 Å². The normalized spacial score (nSPS) is 17.1. The molecule has 3 nitrogen and oxygen atoms in total. The summed E-state index contributed by atoms with van der Waals surface area (Å²) in [4.78, 5) is 1.23. The molecule has 16 heavy (non-hydrogen) atoms. The monoisotopic (exact) mass is 306 g/mol. The Morgan fingerprint density at radius 1 is 1.56 bits per heavy atom. The van der Waals surface area contributed by atoms with Crippen LogP contribution in [0.5, 0.6) is 0 Å². The van der Waals surface area contributed by atoms with Crippen molar-refractivity contribution in [1.29, 1.82) is 0 Å². The Balaban J connectivity index is 2.55. The third kappa shape index (κ3) is 4.51. The Bertz CT molecular complexity index is 317. The predicted octanol–water partition coefficient (Wildman–Crippen LogP) is 2.26. The van der Waals surface area contributed by atoms with Crippen LogP contribution in [0.3, 0.4) is 0 Å². The molecule has 4 N–H and O–H groups in total. The lowest BCUT2D eigenvalue weighted by Crippen LogP contribution is -2.36. The van der Waals surface area contributed by atoms with Crippen molar-refractivity contribution < 1.29 is 5.11 Å². The number of hydrogen-bond acceptors (Lipinski definition) is 4. The summed E-state index contributed by atoms with van der Waals surface area (Å²) < 4.78 is 1.09. The Morgan fingerprint density at radius 3 is 2.69 bits per heavy atom. The Kier molecular flexibility index (Phi) is 5.92. The summed E-state index contributed by atoms with van der Waals surface area (Å²) in [6.07, 6.45) is 0.458. The molecule has 0 radical (unpaired) electrons. The van der Waals surface area contributed by atoms with Gasteiger partial charge in [-0.1, -0.05) is 0 Å². The van der Waals surface area contributed by atoms with Crippen LogP contribution in [0.4, 0.5) is 0 Å². The number of nitrogens with one attached hydrogen (secondary N) is 1. The van der Waals surface area contributed by atoms with Crippen LogP contribution in [0.2, 0.25) is 0 Å². The molecule has 0 amide bonds. The molecule has 0 aliphatic heterocycles. The first-order valence-electron chi connectivity index (χ1n) is 5.41. The van der Waals surface area contributed by atoms with Crippen LogP contribution in [-0.4, -0.2) is 23.8 Å². The van der Waals surface area contributed by atoms with E-state index in [1.54, 1.807) is 18.3 Å². The third-order valence-electron chi connectivity index (χ3n) is 2.35. The van der Waals surface area contributed by atoms with Crippen molar-refractivity contribution in [2.45, 2.75) is 38.5 Å². The van der Waals surface area contributed by atoms with Crippen molar-refractivity contribution >= 4 is 27.3 Å². The first kappa shape index (κ1) is 14.1. The van der Waals surface area contributed by atoms with Crippen molar-refractivity contribution in [3.63, 3.8) is 0 Å². The van der Waals surface area contributed by atoms with Crippen LogP contribution in [0.1, 0.15) is 31.2 Å². The molecule has 1 rings (SSSR count). The van der Waals surface area contributed by atoms with Gasteiger partial charge in [-0.3, -0.25) is 0 Å². The van der Waals surface area contributed by atoms with Gasteiger partial charge in [0.1, 0.15) is 0 Å². The molecular weight excluding hydrogens is 288 g/mol. The van der Waals surface area contributed by atoms with Gasteiger partial charge in [0.05, 0.1) is 12.1 Å². The van der Waals surface area contributed by atoms with E-state index in [0.717, 1.165) is 10.9 Å². The van der Waals surface area contributed by atoms with E-state index in [-0.39, 0.29) is 18.2 Å². The minimum Gasteiger partial charge on any atom is -0.393 e. The van der Waals surface area contributed by atoms with E-state index in [0.29, 0.717) is 6.54 Å². The molecule has 3 unspecified atom stereocenters. The lowest BCUT2D eigenvalue weighted by molar-refractivity contribution is 0.168. The number of aliphatic hydroxyl groups is 1. The number of thiophene rings is 1. The second kappa shape index (κ2) is 6.71. The van der Waals surface area contributed by atoms with Crippen LogP contribution in [0.15, 0.2) is 15.9 Å². The highest BCUT2D eigenvalue weighted by atomic mass is 79.9. The van der Waals surface area contributed by atoms with Gasteiger partial charge in [-0.05, 0) is 42.3 Å². The highest BCUT2D eigenvalue weighted by molar-refractivity contribution is 9.10. The Hall–Kier alpha value is 0.0600. The average Bonchev–Trinajstić information content (AvgIpc) is 2.60. The predicted molar refractivity (Wildman–Crippen MR) is 72.7 cm³/mol. The van der Waals surface area contributed by atoms with E-state index in [2.05, 4.69) is 39.6 Å². The standard InChI is InChI=1S/C11H19BrN2OS/c1-7(3-8(2)15)14-10(5-13)11-4-9(12)6-16-11/h4,6-8,10,14-15H,3,5,13H2,1-2H3. The molecule has 5 heteroatoms. The molecule has 1 aromatic rings. The molecule has 92 valence electrons. The Morgan fingerprint density at radius 2 is 2.25 bits per heavy atom. The van der Waals surface area contributed by atoms with Gasteiger partial charge < -0.3 is 16.2 Å². The van der Waals surface area contributed by atoms with Gasteiger partial charge in [0, 0.05) is 27.3 Å². The molecule has 0 aromatic carbocycles. The third-order valence-corrected chi connectivity index (χ3v) is 4.15. The maximum atomic E-state index is 9.31. The molecule has 0 bridgehead atoms.